The highest BCUT2D eigenvalue weighted by molar-refractivity contribution is 7.87. The molecule has 1 saturated heterocycles. The number of anilines is 1. The summed E-state index contributed by atoms with van der Waals surface area (Å²) in [7, 11) is -2.49. The number of halogens is 2. The maximum Gasteiger partial charge on any atom is 0.280 e. The van der Waals surface area contributed by atoms with Crippen molar-refractivity contribution in [3.8, 4) is 0 Å². The summed E-state index contributed by atoms with van der Waals surface area (Å²) in [5, 5.41) is 2.48. The van der Waals surface area contributed by atoms with Crippen molar-refractivity contribution in [1.82, 2.24) is 9.03 Å². The molecule has 0 saturated carbocycles. The fourth-order valence-corrected chi connectivity index (χ4v) is 4.38. The van der Waals surface area contributed by atoms with E-state index in [1.165, 1.54) is 19.2 Å². The van der Waals surface area contributed by atoms with Crippen LogP contribution in [0.15, 0.2) is 42.5 Å². The van der Waals surface area contributed by atoms with Crippen molar-refractivity contribution in [2.75, 3.05) is 12.4 Å². The molecule has 1 heterocycles. The summed E-state index contributed by atoms with van der Waals surface area (Å²) in [6, 6.07) is 9.77. The number of nitrogens with one attached hydrogen (secondary N) is 2. The zero-order valence-electron chi connectivity index (χ0n) is 14.7. The van der Waals surface area contributed by atoms with Crippen LogP contribution in [0.2, 0.25) is 5.02 Å². The summed E-state index contributed by atoms with van der Waals surface area (Å²) in [6.45, 7) is 1.94. The Labute approximate surface area is 162 Å². The van der Waals surface area contributed by atoms with Gasteiger partial charge in [-0.25, -0.2) is 4.39 Å². The third-order valence-corrected chi connectivity index (χ3v) is 6.42. The second kappa shape index (κ2) is 7.55. The van der Waals surface area contributed by atoms with Crippen LogP contribution in [0.5, 0.6) is 0 Å². The third kappa shape index (κ3) is 4.30. The summed E-state index contributed by atoms with van der Waals surface area (Å²) in [5.74, 6) is -1.11. The highest BCUT2D eigenvalue weighted by Gasteiger charge is 2.40. The number of hydrogen-bond donors (Lipinski definition) is 2. The molecular weight excluding hydrogens is 393 g/mol. The van der Waals surface area contributed by atoms with E-state index in [0.717, 1.165) is 21.5 Å². The Hall–Kier alpha value is -2.00. The van der Waals surface area contributed by atoms with Crippen LogP contribution >= 0.6 is 11.6 Å². The topological polar surface area (TPSA) is 78.5 Å². The molecule has 2 aromatic rings. The van der Waals surface area contributed by atoms with Gasteiger partial charge in [-0.2, -0.15) is 17.4 Å². The molecule has 144 valence electrons. The fourth-order valence-electron chi connectivity index (χ4n) is 2.92. The van der Waals surface area contributed by atoms with Crippen molar-refractivity contribution < 1.29 is 17.6 Å². The molecule has 9 heteroatoms. The zero-order chi connectivity index (χ0) is 19.8. The quantitative estimate of drug-likeness (QED) is 0.814. The van der Waals surface area contributed by atoms with Crippen LogP contribution < -0.4 is 10.0 Å². The third-order valence-electron chi connectivity index (χ3n) is 4.54. The Balaban J connectivity index is 1.84. The standard InChI is InChI=1S/C18H19ClFN3O3S/c1-11-3-5-12(6-4-11)16-10-17(23(2)27(25,26)22-16)18(24)21-13-7-8-15(20)14(19)9-13/h3-9,16-17,22H,10H2,1-2H3,(H,21,24)/t16-,17+/m0/s1. The molecule has 0 bridgehead atoms. The number of nitrogens with zero attached hydrogens (tertiary/aromatic N) is 1. The van der Waals surface area contributed by atoms with Crippen LogP contribution in [0, 0.1) is 12.7 Å². The van der Waals surface area contributed by atoms with Crippen molar-refractivity contribution in [3.05, 3.63) is 64.4 Å². The molecule has 0 aromatic heterocycles. The van der Waals surface area contributed by atoms with E-state index in [0.29, 0.717) is 5.69 Å². The lowest BCUT2D eigenvalue weighted by atomic mass is 9.98. The Morgan fingerprint density at radius 2 is 1.93 bits per heavy atom. The number of hydrogen-bond acceptors (Lipinski definition) is 3. The van der Waals surface area contributed by atoms with Gasteiger partial charge >= 0.3 is 0 Å². The van der Waals surface area contributed by atoms with Crippen LogP contribution in [0.3, 0.4) is 0 Å². The Morgan fingerprint density at radius 1 is 1.26 bits per heavy atom. The fraction of sp³-hybridized carbons (Fsp3) is 0.278. The number of benzene rings is 2. The lowest BCUT2D eigenvalue weighted by molar-refractivity contribution is -0.120. The molecule has 1 aliphatic heterocycles. The van der Waals surface area contributed by atoms with E-state index in [2.05, 4.69) is 10.0 Å². The van der Waals surface area contributed by atoms with Gasteiger partial charge in [0.1, 0.15) is 11.9 Å². The number of carbonyl (C=O) groups excluding carboxylic acids is 1. The SMILES string of the molecule is Cc1ccc([C@@H]2C[C@H](C(=O)Nc3ccc(F)c(Cl)c3)N(C)S(=O)(=O)N2)cc1. The van der Waals surface area contributed by atoms with Gasteiger partial charge in [-0.05, 0) is 37.1 Å². The molecule has 0 spiro atoms. The van der Waals surface area contributed by atoms with Gasteiger partial charge in [-0.15, -0.1) is 0 Å². The molecule has 0 unspecified atom stereocenters. The van der Waals surface area contributed by atoms with E-state index in [1.807, 2.05) is 31.2 Å². The van der Waals surface area contributed by atoms with E-state index in [-0.39, 0.29) is 11.4 Å². The monoisotopic (exact) mass is 411 g/mol. The molecule has 1 amide bonds. The maximum absolute atomic E-state index is 13.3. The number of aryl methyl sites for hydroxylation is 1. The molecule has 27 heavy (non-hydrogen) atoms. The normalized spacial score (nSPS) is 22.4. The number of likely N-dealkylation sites (N-methyl/N-ethyl adjacent to an activating group) is 1. The molecule has 3 rings (SSSR count). The summed E-state index contributed by atoms with van der Waals surface area (Å²) in [5.41, 5.74) is 2.12. The second-order valence-corrected chi connectivity index (χ2v) is 8.64. The van der Waals surface area contributed by atoms with Gasteiger partial charge in [0.05, 0.1) is 5.02 Å². The predicted octanol–water partition coefficient (Wildman–Crippen LogP) is 3.01. The highest BCUT2D eigenvalue weighted by Crippen LogP contribution is 2.29. The van der Waals surface area contributed by atoms with Gasteiger partial charge in [0.2, 0.25) is 5.91 Å². The molecule has 6 nitrogen and oxygen atoms in total. The molecule has 2 N–H and O–H groups in total. The van der Waals surface area contributed by atoms with Crippen molar-refractivity contribution in [2.45, 2.75) is 25.4 Å². The lowest BCUT2D eigenvalue weighted by Crippen LogP contribution is -2.55. The first-order chi connectivity index (χ1) is 12.7. The Morgan fingerprint density at radius 3 is 2.56 bits per heavy atom. The lowest BCUT2D eigenvalue weighted by Gasteiger charge is -2.36. The van der Waals surface area contributed by atoms with Crippen LogP contribution in [0.25, 0.3) is 0 Å². The van der Waals surface area contributed by atoms with Crippen LogP contribution in [0.4, 0.5) is 10.1 Å². The number of carbonyl (C=O) groups is 1. The van der Waals surface area contributed by atoms with Crippen molar-refractivity contribution in [2.24, 2.45) is 0 Å². The minimum Gasteiger partial charge on any atom is -0.325 e. The Bertz CT molecular complexity index is 966. The van der Waals surface area contributed by atoms with Gasteiger partial charge in [0, 0.05) is 18.8 Å². The minimum atomic E-state index is -3.83. The average Bonchev–Trinajstić information content (AvgIpc) is 2.61. The second-order valence-electron chi connectivity index (χ2n) is 6.47. The maximum atomic E-state index is 13.3. The van der Waals surface area contributed by atoms with E-state index < -0.39 is 34.0 Å². The summed E-state index contributed by atoms with van der Waals surface area (Å²) in [6.07, 6.45) is 0.250. The van der Waals surface area contributed by atoms with Crippen LogP contribution in [-0.2, 0) is 15.0 Å². The number of amides is 1. The molecule has 0 radical (unpaired) electrons. The van der Waals surface area contributed by atoms with Crippen molar-refractivity contribution in [1.29, 1.82) is 0 Å². The van der Waals surface area contributed by atoms with Crippen LogP contribution in [0.1, 0.15) is 23.6 Å². The molecular formula is C18H19ClFN3O3S. The number of rotatable bonds is 3. The molecule has 2 aromatic carbocycles. The zero-order valence-corrected chi connectivity index (χ0v) is 16.3. The summed E-state index contributed by atoms with van der Waals surface area (Å²) < 4.78 is 41.8. The molecule has 0 aliphatic carbocycles. The van der Waals surface area contributed by atoms with Gasteiger partial charge in [0.15, 0.2) is 0 Å². The first kappa shape index (κ1) is 19.8. The van der Waals surface area contributed by atoms with Crippen LogP contribution in [-0.4, -0.2) is 31.7 Å². The van der Waals surface area contributed by atoms with Gasteiger partial charge in [0.25, 0.3) is 10.2 Å². The van der Waals surface area contributed by atoms with Crippen molar-refractivity contribution >= 4 is 33.4 Å². The van der Waals surface area contributed by atoms with E-state index >= 15 is 0 Å². The van der Waals surface area contributed by atoms with Gasteiger partial charge in [-0.3, -0.25) is 4.79 Å². The first-order valence-electron chi connectivity index (χ1n) is 8.25. The molecule has 2 atom stereocenters. The van der Waals surface area contributed by atoms with E-state index in [4.69, 9.17) is 11.6 Å². The largest absolute Gasteiger partial charge is 0.325 e. The summed E-state index contributed by atoms with van der Waals surface area (Å²) in [4.78, 5) is 12.7. The van der Waals surface area contributed by atoms with Crippen molar-refractivity contribution in [3.63, 3.8) is 0 Å². The van der Waals surface area contributed by atoms with E-state index in [9.17, 15) is 17.6 Å². The average molecular weight is 412 g/mol. The van der Waals surface area contributed by atoms with Gasteiger partial charge < -0.3 is 5.32 Å². The van der Waals surface area contributed by atoms with E-state index in [1.54, 1.807) is 0 Å². The highest BCUT2D eigenvalue weighted by atomic mass is 35.5. The molecule has 1 aliphatic rings. The van der Waals surface area contributed by atoms with Gasteiger partial charge in [-0.1, -0.05) is 41.4 Å². The Kier molecular flexibility index (Phi) is 5.53. The minimum absolute atomic E-state index is 0.128. The smallest absolute Gasteiger partial charge is 0.280 e. The summed E-state index contributed by atoms with van der Waals surface area (Å²) >= 11 is 5.73. The first-order valence-corrected chi connectivity index (χ1v) is 10.1. The predicted molar refractivity (Wildman–Crippen MR) is 102 cm³/mol. The molecule has 1 fully saturated rings.